The van der Waals surface area contributed by atoms with Crippen LogP contribution >= 0.6 is 11.6 Å². The maximum absolute atomic E-state index is 12.6. The molecule has 1 aliphatic heterocycles. The average molecular weight is 343 g/mol. The van der Waals surface area contributed by atoms with Crippen molar-refractivity contribution in [2.24, 2.45) is 0 Å². The first-order chi connectivity index (χ1) is 11.4. The topological polar surface area (TPSA) is 53.3 Å². The van der Waals surface area contributed by atoms with Crippen molar-refractivity contribution in [3.8, 4) is 6.07 Å². The Morgan fingerprint density at radius 3 is 2.71 bits per heavy atom. The van der Waals surface area contributed by atoms with Crippen molar-refractivity contribution in [2.45, 2.75) is 32.3 Å². The first-order valence-electron chi connectivity index (χ1n) is 7.88. The van der Waals surface area contributed by atoms with Crippen LogP contribution in [0.25, 0.3) is 10.8 Å². The van der Waals surface area contributed by atoms with Gasteiger partial charge in [-0.25, -0.2) is 4.79 Å². The van der Waals surface area contributed by atoms with Gasteiger partial charge in [-0.1, -0.05) is 18.2 Å². The average Bonchev–Trinajstić information content (AvgIpc) is 2.92. The van der Waals surface area contributed by atoms with E-state index in [1.165, 1.54) is 0 Å². The van der Waals surface area contributed by atoms with Crippen LogP contribution < -0.4 is 4.90 Å². The Morgan fingerprint density at radius 2 is 2.08 bits per heavy atom. The molecule has 1 amide bonds. The van der Waals surface area contributed by atoms with Gasteiger partial charge in [-0.15, -0.1) is 11.6 Å². The normalized spacial score (nSPS) is 16.8. The van der Waals surface area contributed by atoms with Crippen molar-refractivity contribution in [3.63, 3.8) is 0 Å². The molecule has 124 valence electrons. The summed E-state index contributed by atoms with van der Waals surface area (Å²) in [7, 11) is 0. The zero-order valence-corrected chi connectivity index (χ0v) is 14.7. The predicted molar refractivity (Wildman–Crippen MR) is 95.7 cm³/mol. The van der Waals surface area contributed by atoms with Crippen LogP contribution in [0.15, 0.2) is 30.3 Å². The molecule has 0 aliphatic carbocycles. The summed E-state index contributed by atoms with van der Waals surface area (Å²) in [6.07, 6.45) is -0.368. The lowest BCUT2D eigenvalue weighted by molar-refractivity contribution is 0.0582. The number of fused-ring (bicyclic) bond motifs is 3. The third-order valence-electron chi connectivity index (χ3n) is 4.10. The predicted octanol–water partition coefficient (Wildman–Crippen LogP) is 4.79. The lowest BCUT2D eigenvalue weighted by Gasteiger charge is -2.25. The number of carbonyl (C=O) groups excluding carboxylic acids is 1. The highest BCUT2D eigenvalue weighted by Crippen LogP contribution is 2.42. The fraction of sp³-hybridized carbons (Fsp3) is 0.368. The van der Waals surface area contributed by atoms with Gasteiger partial charge in [-0.2, -0.15) is 5.26 Å². The molecule has 2 aromatic carbocycles. The van der Waals surface area contributed by atoms with Gasteiger partial charge in [0.2, 0.25) is 0 Å². The maximum atomic E-state index is 12.6. The van der Waals surface area contributed by atoms with Crippen LogP contribution in [0.3, 0.4) is 0 Å². The number of alkyl halides is 1. The minimum absolute atomic E-state index is 0.0202. The fourth-order valence-electron chi connectivity index (χ4n) is 3.16. The minimum atomic E-state index is -0.554. The molecular formula is C19H19ClN2O2. The van der Waals surface area contributed by atoms with E-state index in [1.54, 1.807) is 11.0 Å². The van der Waals surface area contributed by atoms with E-state index in [0.29, 0.717) is 18.0 Å². The molecule has 0 bridgehead atoms. The Hall–Kier alpha value is -2.25. The number of hydrogen-bond donors (Lipinski definition) is 0. The summed E-state index contributed by atoms with van der Waals surface area (Å²) < 4.78 is 5.52. The lowest BCUT2D eigenvalue weighted by atomic mass is 9.94. The first kappa shape index (κ1) is 16.6. The van der Waals surface area contributed by atoms with Gasteiger partial charge in [0.25, 0.3) is 0 Å². The second-order valence-electron chi connectivity index (χ2n) is 6.95. The number of hydrogen-bond acceptors (Lipinski definition) is 3. The lowest BCUT2D eigenvalue weighted by Crippen LogP contribution is -2.36. The van der Waals surface area contributed by atoms with E-state index < -0.39 is 5.60 Å². The van der Waals surface area contributed by atoms with E-state index in [9.17, 15) is 10.1 Å². The molecule has 1 heterocycles. The summed E-state index contributed by atoms with van der Waals surface area (Å²) in [6.45, 7) is 6.03. The van der Waals surface area contributed by atoms with Crippen molar-refractivity contribution < 1.29 is 9.53 Å². The zero-order valence-electron chi connectivity index (χ0n) is 14.0. The minimum Gasteiger partial charge on any atom is -0.443 e. The van der Waals surface area contributed by atoms with Crippen molar-refractivity contribution in [2.75, 3.05) is 17.3 Å². The van der Waals surface area contributed by atoms with Gasteiger partial charge < -0.3 is 4.74 Å². The van der Waals surface area contributed by atoms with Gasteiger partial charge in [0.15, 0.2) is 0 Å². The van der Waals surface area contributed by atoms with Crippen molar-refractivity contribution in [1.82, 2.24) is 0 Å². The van der Waals surface area contributed by atoms with Gasteiger partial charge in [-0.3, -0.25) is 4.90 Å². The van der Waals surface area contributed by atoms with E-state index in [4.69, 9.17) is 16.3 Å². The molecule has 1 aliphatic rings. The number of halogens is 1. The smallest absolute Gasteiger partial charge is 0.414 e. The second kappa shape index (κ2) is 5.99. The maximum Gasteiger partial charge on any atom is 0.414 e. The zero-order chi connectivity index (χ0) is 17.5. The molecule has 0 saturated carbocycles. The monoisotopic (exact) mass is 342 g/mol. The summed E-state index contributed by atoms with van der Waals surface area (Å²) in [5, 5.41) is 11.2. The van der Waals surface area contributed by atoms with Gasteiger partial charge in [-0.05, 0) is 49.2 Å². The quantitative estimate of drug-likeness (QED) is 0.700. The van der Waals surface area contributed by atoms with Crippen LogP contribution in [0.1, 0.15) is 37.8 Å². The standard InChI is InChI=1S/C19H19ClN2O2/c1-19(2,3)24-18(23)22-11-13(9-20)17-15-6-4-5-12(10-21)14(15)7-8-16(17)22/h4-8,13H,9,11H2,1-3H3. The number of nitriles is 1. The molecule has 0 fully saturated rings. The third-order valence-corrected chi connectivity index (χ3v) is 4.48. The molecule has 24 heavy (non-hydrogen) atoms. The number of anilines is 1. The van der Waals surface area contributed by atoms with Crippen LogP contribution in [0.2, 0.25) is 0 Å². The molecule has 0 aromatic heterocycles. The van der Waals surface area contributed by atoms with Crippen molar-refractivity contribution in [1.29, 1.82) is 5.26 Å². The Kier molecular flexibility index (Phi) is 4.15. The highest BCUT2D eigenvalue weighted by molar-refractivity contribution is 6.19. The molecule has 5 heteroatoms. The van der Waals surface area contributed by atoms with E-state index in [1.807, 2.05) is 45.0 Å². The van der Waals surface area contributed by atoms with Crippen LogP contribution in [0.5, 0.6) is 0 Å². The number of carbonyl (C=O) groups is 1. The molecule has 0 radical (unpaired) electrons. The third kappa shape index (κ3) is 2.81. The Balaban J connectivity index is 2.13. The van der Waals surface area contributed by atoms with Gasteiger partial charge in [0.05, 0.1) is 17.3 Å². The highest BCUT2D eigenvalue weighted by Gasteiger charge is 2.35. The van der Waals surface area contributed by atoms with E-state index in [0.717, 1.165) is 22.0 Å². The van der Waals surface area contributed by atoms with Gasteiger partial charge in [0, 0.05) is 18.3 Å². The number of nitrogens with zero attached hydrogens (tertiary/aromatic N) is 2. The molecule has 1 atom stereocenters. The van der Waals surface area contributed by atoms with Gasteiger partial charge in [0.1, 0.15) is 5.60 Å². The second-order valence-corrected chi connectivity index (χ2v) is 7.26. The van der Waals surface area contributed by atoms with Crippen LogP contribution in [-0.4, -0.2) is 24.1 Å². The fourth-order valence-corrected chi connectivity index (χ4v) is 3.41. The van der Waals surface area contributed by atoms with Crippen molar-refractivity contribution >= 4 is 34.2 Å². The molecule has 2 aromatic rings. The summed E-state index contributed by atoms with van der Waals surface area (Å²) in [5.41, 5.74) is 1.91. The Bertz CT molecular complexity index is 849. The van der Waals surface area contributed by atoms with E-state index in [2.05, 4.69) is 6.07 Å². The van der Waals surface area contributed by atoms with Crippen LogP contribution in [-0.2, 0) is 4.74 Å². The number of ether oxygens (including phenoxy) is 1. The van der Waals surface area contributed by atoms with Crippen LogP contribution in [0.4, 0.5) is 10.5 Å². The molecular weight excluding hydrogens is 324 g/mol. The molecule has 0 spiro atoms. The molecule has 4 nitrogen and oxygen atoms in total. The molecule has 3 rings (SSSR count). The molecule has 1 unspecified atom stereocenters. The SMILES string of the molecule is CC(C)(C)OC(=O)N1CC(CCl)c2c1ccc1c(C#N)cccc21. The van der Waals surface area contributed by atoms with Crippen molar-refractivity contribution in [3.05, 3.63) is 41.5 Å². The Labute approximate surface area is 146 Å². The number of rotatable bonds is 1. The summed E-state index contributed by atoms with van der Waals surface area (Å²) in [5.74, 6) is 0.425. The number of amides is 1. The highest BCUT2D eigenvalue weighted by atomic mass is 35.5. The Morgan fingerprint density at radius 1 is 1.33 bits per heavy atom. The molecule has 0 N–H and O–H groups in total. The van der Waals surface area contributed by atoms with E-state index >= 15 is 0 Å². The summed E-state index contributed by atoms with van der Waals surface area (Å²) in [6, 6.07) is 11.6. The number of benzene rings is 2. The first-order valence-corrected chi connectivity index (χ1v) is 8.41. The summed E-state index contributed by atoms with van der Waals surface area (Å²) in [4.78, 5) is 14.2. The van der Waals surface area contributed by atoms with Gasteiger partial charge >= 0.3 is 6.09 Å². The largest absolute Gasteiger partial charge is 0.443 e. The summed E-state index contributed by atoms with van der Waals surface area (Å²) >= 11 is 6.17. The molecule has 0 saturated heterocycles. The van der Waals surface area contributed by atoms with E-state index in [-0.39, 0.29) is 12.0 Å². The van der Waals surface area contributed by atoms with Crippen LogP contribution in [0, 0.1) is 11.3 Å².